The molecule has 1 unspecified atom stereocenters. The van der Waals surface area contributed by atoms with Crippen LogP contribution < -0.4 is 10.6 Å². The van der Waals surface area contributed by atoms with Crippen LogP contribution in [0.3, 0.4) is 0 Å². The minimum Gasteiger partial charge on any atom is -0.375 e. The second-order valence-electron chi connectivity index (χ2n) is 6.07. The third kappa shape index (κ3) is 5.28. The fourth-order valence-corrected chi connectivity index (χ4v) is 3.13. The molecule has 2 aliphatic rings. The lowest BCUT2D eigenvalue weighted by Gasteiger charge is -2.32. The summed E-state index contributed by atoms with van der Waals surface area (Å²) in [5.74, 6) is 0.669. The molecule has 0 saturated carbocycles. The summed E-state index contributed by atoms with van der Waals surface area (Å²) in [6, 6.07) is 0.209. The summed E-state index contributed by atoms with van der Waals surface area (Å²) in [5, 5.41) is 6.46. The number of likely N-dealkylation sites (tertiary alicyclic amines) is 1. The van der Waals surface area contributed by atoms with Gasteiger partial charge in [0.25, 0.3) is 0 Å². The lowest BCUT2D eigenvalue weighted by Crippen LogP contribution is -2.47. The number of nitrogens with zero attached hydrogens (tertiary/aromatic N) is 1. The Kier molecular flexibility index (Phi) is 6.45. The maximum Gasteiger partial charge on any atom is 0.248 e. The van der Waals surface area contributed by atoms with E-state index in [0.717, 1.165) is 38.8 Å². The summed E-state index contributed by atoms with van der Waals surface area (Å²) < 4.78 is 4.87. The molecule has 0 aromatic heterocycles. The summed E-state index contributed by atoms with van der Waals surface area (Å²) >= 11 is 0. The first-order chi connectivity index (χ1) is 10.2. The number of carbonyl (C=O) groups excluding carboxylic acids is 2. The molecule has 0 radical (unpaired) electrons. The van der Waals surface area contributed by atoms with Gasteiger partial charge < -0.3 is 20.3 Å². The first-order valence-corrected chi connectivity index (χ1v) is 7.96. The van der Waals surface area contributed by atoms with Crippen LogP contribution in [0.25, 0.3) is 0 Å². The molecule has 2 aliphatic heterocycles. The molecule has 120 valence electrons. The predicted molar refractivity (Wildman–Crippen MR) is 79.8 cm³/mol. The number of hydrogen-bond donors (Lipinski definition) is 2. The highest BCUT2D eigenvalue weighted by molar-refractivity contribution is 5.78. The Morgan fingerprint density at radius 2 is 2.05 bits per heavy atom. The molecule has 6 heteroatoms. The van der Waals surface area contributed by atoms with Gasteiger partial charge in [0.05, 0.1) is 0 Å². The van der Waals surface area contributed by atoms with Crippen LogP contribution in [0.4, 0.5) is 0 Å². The zero-order valence-corrected chi connectivity index (χ0v) is 12.9. The van der Waals surface area contributed by atoms with E-state index < -0.39 is 0 Å². The van der Waals surface area contributed by atoms with Gasteiger partial charge in [0.15, 0.2) is 0 Å². The lowest BCUT2D eigenvalue weighted by molar-refractivity contribution is -0.136. The summed E-state index contributed by atoms with van der Waals surface area (Å²) in [6.07, 6.45) is 4.60. The molecule has 2 rings (SSSR count). The Hall–Kier alpha value is -1.14. The van der Waals surface area contributed by atoms with Gasteiger partial charge in [0, 0.05) is 32.7 Å². The molecule has 0 bridgehead atoms. The molecule has 2 N–H and O–H groups in total. The largest absolute Gasteiger partial charge is 0.375 e. The Morgan fingerprint density at radius 3 is 2.67 bits per heavy atom. The topological polar surface area (TPSA) is 70.7 Å². The van der Waals surface area contributed by atoms with Crippen molar-refractivity contribution in [2.24, 2.45) is 5.92 Å². The number of hydrogen-bond acceptors (Lipinski definition) is 4. The van der Waals surface area contributed by atoms with Crippen LogP contribution in [-0.2, 0) is 14.3 Å². The summed E-state index contributed by atoms with van der Waals surface area (Å²) in [7, 11) is 1.53. The van der Waals surface area contributed by atoms with Gasteiger partial charge in [-0.15, -0.1) is 0 Å². The van der Waals surface area contributed by atoms with E-state index in [2.05, 4.69) is 10.6 Å². The van der Waals surface area contributed by atoms with Crippen molar-refractivity contribution < 1.29 is 14.3 Å². The van der Waals surface area contributed by atoms with Crippen molar-refractivity contribution in [3.63, 3.8) is 0 Å². The van der Waals surface area contributed by atoms with Crippen LogP contribution in [0.15, 0.2) is 0 Å². The van der Waals surface area contributed by atoms with Crippen LogP contribution in [0.5, 0.6) is 0 Å². The van der Waals surface area contributed by atoms with Gasteiger partial charge in [-0.05, 0) is 44.7 Å². The Morgan fingerprint density at radius 1 is 1.29 bits per heavy atom. The van der Waals surface area contributed by atoms with Gasteiger partial charge in [-0.25, -0.2) is 0 Å². The Bertz CT molecular complexity index is 348. The average Bonchev–Trinajstić information content (AvgIpc) is 2.49. The number of piperidine rings is 2. The molecular weight excluding hydrogens is 270 g/mol. The second kappa shape index (κ2) is 8.34. The maximum absolute atomic E-state index is 12.1. The molecule has 21 heavy (non-hydrogen) atoms. The fraction of sp³-hybridized carbons (Fsp3) is 0.867. The second-order valence-corrected chi connectivity index (χ2v) is 6.07. The van der Waals surface area contributed by atoms with E-state index in [1.807, 2.05) is 4.90 Å². The third-order valence-electron chi connectivity index (χ3n) is 4.35. The van der Waals surface area contributed by atoms with Crippen molar-refractivity contribution in [3.8, 4) is 0 Å². The van der Waals surface area contributed by atoms with E-state index in [-0.39, 0.29) is 24.5 Å². The summed E-state index contributed by atoms with van der Waals surface area (Å²) in [4.78, 5) is 25.6. The normalized spacial score (nSPS) is 23.9. The first-order valence-electron chi connectivity index (χ1n) is 7.96. The zero-order valence-electron chi connectivity index (χ0n) is 12.9. The maximum atomic E-state index is 12.1. The molecule has 6 nitrogen and oxygen atoms in total. The molecule has 2 heterocycles. The molecule has 2 amide bonds. The molecule has 2 fully saturated rings. The number of nitrogens with one attached hydrogen (secondary N) is 2. The van der Waals surface area contributed by atoms with E-state index in [9.17, 15) is 9.59 Å². The number of carbonyl (C=O) groups is 2. The van der Waals surface area contributed by atoms with Crippen LogP contribution in [0.1, 0.15) is 32.1 Å². The lowest BCUT2D eigenvalue weighted by atomic mass is 9.95. The standard InChI is InChI=1S/C15H27N3O3/c1-21-11-15(20)18-7-4-13(5-8-18)17-14(19)9-12-3-2-6-16-10-12/h12-13,16H,2-11H2,1H3,(H,17,19). The molecule has 0 aliphatic carbocycles. The van der Waals surface area contributed by atoms with Crippen LogP contribution in [0.2, 0.25) is 0 Å². The number of methoxy groups -OCH3 is 1. The molecule has 0 aromatic carbocycles. The van der Waals surface area contributed by atoms with Gasteiger partial charge >= 0.3 is 0 Å². The molecule has 1 atom stereocenters. The van der Waals surface area contributed by atoms with Gasteiger partial charge in [-0.2, -0.15) is 0 Å². The number of ether oxygens (including phenoxy) is 1. The van der Waals surface area contributed by atoms with Gasteiger partial charge in [0.1, 0.15) is 6.61 Å². The summed E-state index contributed by atoms with van der Waals surface area (Å²) in [6.45, 7) is 3.59. The Balaban J connectivity index is 1.65. The molecule has 0 spiro atoms. The highest BCUT2D eigenvalue weighted by atomic mass is 16.5. The van der Waals surface area contributed by atoms with Crippen molar-refractivity contribution in [3.05, 3.63) is 0 Å². The fourth-order valence-electron chi connectivity index (χ4n) is 3.13. The van der Waals surface area contributed by atoms with Crippen LogP contribution >= 0.6 is 0 Å². The summed E-state index contributed by atoms with van der Waals surface area (Å²) in [5.41, 5.74) is 0. The molecule has 2 saturated heterocycles. The molecule has 0 aromatic rings. The number of rotatable bonds is 5. The van der Waals surface area contributed by atoms with Gasteiger partial charge in [-0.3, -0.25) is 9.59 Å². The quantitative estimate of drug-likeness (QED) is 0.757. The average molecular weight is 297 g/mol. The third-order valence-corrected chi connectivity index (χ3v) is 4.35. The zero-order chi connectivity index (χ0) is 15.1. The highest BCUT2D eigenvalue weighted by Crippen LogP contribution is 2.15. The minimum absolute atomic E-state index is 0.0376. The number of amides is 2. The van der Waals surface area contributed by atoms with Gasteiger partial charge in [-0.1, -0.05) is 0 Å². The van der Waals surface area contributed by atoms with E-state index in [1.165, 1.54) is 7.11 Å². The van der Waals surface area contributed by atoms with Crippen LogP contribution in [0, 0.1) is 5.92 Å². The van der Waals surface area contributed by atoms with Crippen LogP contribution in [-0.4, -0.2) is 62.7 Å². The minimum atomic E-state index is 0.0376. The van der Waals surface area contributed by atoms with Crippen molar-refractivity contribution >= 4 is 11.8 Å². The van der Waals surface area contributed by atoms with E-state index >= 15 is 0 Å². The van der Waals surface area contributed by atoms with Crippen molar-refractivity contribution in [1.29, 1.82) is 0 Å². The smallest absolute Gasteiger partial charge is 0.248 e. The van der Waals surface area contributed by atoms with Gasteiger partial charge in [0.2, 0.25) is 11.8 Å². The first kappa shape index (κ1) is 16.2. The highest BCUT2D eigenvalue weighted by Gasteiger charge is 2.24. The van der Waals surface area contributed by atoms with Crippen molar-refractivity contribution in [2.75, 3.05) is 39.9 Å². The van der Waals surface area contributed by atoms with E-state index in [0.29, 0.717) is 25.4 Å². The van der Waals surface area contributed by atoms with E-state index in [4.69, 9.17) is 4.74 Å². The molecular formula is C15H27N3O3. The van der Waals surface area contributed by atoms with Crippen molar-refractivity contribution in [2.45, 2.75) is 38.1 Å². The van der Waals surface area contributed by atoms with E-state index in [1.54, 1.807) is 0 Å². The SMILES string of the molecule is COCC(=O)N1CCC(NC(=O)CC2CCCNC2)CC1. The van der Waals surface area contributed by atoms with Crippen molar-refractivity contribution in [1.82, 2.24) is 15.5 Å². The Labute approximate surface area is 126 Å². The monoisotopic (exact) mass is 297 g/mol. The predicted octanol–water partition coefficient (Wildman–Crippen LogP) is 0.130.